The van der Waals surface area contributed by atoms with Crippen molar-refractivity contribution in [1.29, 1.82) is 0 Å². The van der Waals surface area contributed by atoms with Crippen LogP contribution in [0.4, 0.5) is 22.4 Å². The number of ether oxygens (including phenoxy) is 1. The molecule has 3 N–H and O–H groups in total. The van der Waals surface area contributed by atoms with Crippen LogP contribution < -0.4 is 15.5 Å². The first-order valence-corrected chi connectivity index (χ1v) is 10.7. The highest BCUT2D eigenvalue weighted by molar-refractivity contribution is 5.67. The molecule has 1 atom stereocenters. The lowest BCUT2D eigenvalue weighted by atomic mass is 9.98. The number of carbonyl (C=O) groups is 1. The first-order valence-electron chi connectivity index (χ1n) is 10.7. The van der Waals surface area contributed by atoms with E-state index >= 15 is 0 Å². The molecule has 0 unspecified atom stereocenters. The Morgan fingerprint density at radius 2 is 2.13 bits per heavy atom. The van der Waals surface area contributed by atoms with Crippen LogP contribution in [0.1, 0.15) is 58.1 Å². The van der Waals surface area contributed by atoms with E-state index in [9.17, 15) is 4.79 Å². The van der Waals surface area contributed by atoms with Crippen molar-refractivity contribution in [2.45, 2.75) is 58.0 Å². The van der Waals surface area contributed by atoms with Crippen LogP contribution in [0, 0.1) is 5.92 Å². The molecule has 0 radical (unpaired) electrons. The van der Waals surface area contributed by atoms with Crippen molar-refractivity contribution >= 4 is 23.7 Å². The fourth-order valence-corrected chi connectivity index (χ4v) is 3.66. The van der Waals surface area contributed by atoms with E-state index in [0.29, 0.717) is 24.3 Å². The van der Waals surface area contributed by atoms with Gasteiger partial charge in [-0.05, 0) is 58.4 Å². The number of nitrogens with one attached hydrogen (secondary N) is 3. The Morgan fingerprint density at radius 1 is 1.30 bits per heavy atom. The number of aromatic nitrogens is 4. The summed E-state index contributed by atoms with van der Waals surface area (Å²) in [7, 11) is 0. The zero-order valence-electron chi connectivity index (χ0n) is 17.9. The van der Waals surface area contributed by atoms with E-state index in [1.165, 1.54) is 18.5 Å². The van der Waals surface area contributed by atoms with E-state index in [1.54, 1.807) is 6.20 Å². The van der Waals surface area contributed by atoms with E-state index in [0.717, 1.165) is 37.6 Å². The molecule has 4 rings (SSSR count). The number of rotatable bonds is 6. The van der Waals surface area contributed by atoms with Gasteiger partial charge in [-0.15, -0.1) is 0 Å². The quantitative estimate of drug-likeness (QED) is 0.664. The van der Waals surface area contributed by atoms with Gasteiger partial charge in [0.25, 0.3) is 0 Å². The lowest BCUT2D eigenvalue weighted by molar-refractivity contribution is 0.0517. The standard InChI is InChI=1S/C21H31N7O2/c1-21(2,3)30-20(29)23-12-14-5-4-10-28(13-14)19-22-9-8-17(25-19)24-18-11-16(26-27-18)15-6-7-15/h8-9,11,14-15H,4-7,10,12-13H2,1-3H3,(H,23,29)(H2,22,24,25,26,27)/t14-/m1/s1. The number of hydrogen-bond acceptors (Lipinski definition) is 7. The van der Waals surface area contributed by atoms with Crippen LogP contribution in [0.25, 0.3) is 0 Å². The molecule has 2 aromatic rings. The highest BCUT2D eigenvalue weighted by Crippen LogP contribution is 2.39. The summed E-state index contributed by atoms with van der Waals surface area (Å²) in [6, 6.07) is 3.90. The minimum atomic E-state index is -0.488. The monoisotopic (exact) mass is 413 g/mol. The number of alkyl carbamates (subject to hydrolysis) is 1. The zero-order chi connectivity index (χ0) is 21.1. The van der Waals surface area contributed by atoms with Gasteiger partial charge in [0.15, 0.2) is 5.82 Å². The van der Waals surface area contributed by atoms with Crippen LogP contribution in [0.15, 0.2) is 18.3 Å². The molecule has 1 saturated heterocycles. The predicted molar refractivity (Wildman–Crippen MR) is 115 cm³/mol. The minimum absolute atomic E-state index is 0.332. The number of H-pyrrole nitrogens is 1. The maximum Gasteiger partial charge on any atom is 0.407 e. The smallest absolute Gasteiger partial charge is 0.407 e. The molecule has 1 aliphatic heterocycles. The molecule has 2 aromatic heterocycles. The second-order valence-electron chi connectivity index (χ2n) is 9.19. The summed E-state index contributed by atoms with van der Waals surface area (Å²) in [4.78, 5) is 23.2. The van der Waals surface area contributed by atoms with Crippen LogP contribution in [-0.2, 0) is 4.74 Å². The summed E-state index contributed by atoms with van der Waals surface area (Å²) in [5.74, 6) is 3.16. The van der Waals surface area contributed by atoms with Gasteiger partial charge < -0.3 is 20.3 Å². The van der Waals surface area contributed by atoms with Crippen molar-refractivity contribution in [1.82, 2.24) is 25.5 Å². The molecule has 1 saturated carbocycles. The largest absolute Gasteiger partial charge is 0.444 e. The second kappa shape index (κ2) is 8.49. The normalized spacial score (nSPS) is 19.4. The molecule has 162 valence electrons. The molecule has 1 amide bonds. The Balaban J connectivity index is 1.32. The molecule has 2 aliphatic rings. The lowest BCUT2D eigenvalue weighted by Gasteiger charge is -2.33. The number of amides is 1. The van der Waals surface area contributed by atoms with Crippen molar-refractivity contribution in [3.05, 3.63) is 24.0 Å². The summed E-state index contributed by atoms with van der Waals surface area (Å²) < 4.78 is 5.33. The first kappa shape index (κ1) is 20.4. The van der Waals surface area contributed by atoms with E-state index < -0.39 is 5.60 Å². The highest BCUT2D eigenvalue weighted by Gasteiger charge is 2.26. The van der Waals surface area contributed by atoms with Gasteiger partial charge in [0, 0.05) is 43.5 Å². The van der Waals surface area contributed by atoms with Gasteiger partial charge in [-0.25, -0.2) is 9.78 Å². The van der Waals surface area contributed by atoms with E-state index in [-0.39, 0.29) is 6.09 Å². The molecular weight excluding hydrogens is 382 g/mol. The third kappa shape index (κ3) is 5.61. The van der Waals surface area contributed by atoms with Crippen LogP contribution in [-0.4, -0.2) is 51.5 Å². The summed E-state index contributed by atoms with van der Waals surface area (Å²) in [6.45, 7) is 7.88. The van der Waals surface area contributed by atoms with Gasteiger partial charge >= 0.3 is 6.09 Å². The average Bonchev–Trinajstić information content (AvgIpc) is 3.45. The maximum absolute atomic E-state index is 11.9. The fraction of sp³-hybridized carbons (Fsp3) is 0.619. The molecule has 0 bridgehead atoms. The number of carbonyl (C=O) groups excluding carboxylic acids is 1. The summed E-state index contributed by atoms with van der Waals surface area (Å²) in [5.41, 5.74) is 0.695. The molecule has 9 nitrogen and oxygen atoms in total. The summed E-state index contributed by atoms with van der Waals surface area (Å²) in [5, 5.41) is 13.6. The van der Waals surface area contributed by atoms with Crippen LogP contribution in [0.3, 0.4) is 0 Å². The van der Waals surface area contributed by atoms with Crippen molar-refractivity contribution in [3.63, 3.8) is 0 Å². The lowest BCUT2D eigenvalue weighted by Crippen LogP contribution is -2.42. The Bertz CT molecular complexity index is 872. The molecule has 2 fully saturated rings. The Hall–Kier alpha value is -2.84. The van der Waals surface area contributed by atoms with Crippen LogP contribution >= 0.6 is 0 Å². The average molecular weight is 414 g/mol. The van der Waals surface area contributed by atoms with Crippen molar-refractivity contribution in [2.75, 3.05) is 29.9 Å². The van der Waals surface area contributed by atoms with E-state index in [1.807, 2.05) is 26.8 Å². The van der Waals surface area contributed by atoms with E-state index in [2.05, 4.69) is 41.8 Å². The maximum atomic E-state index is 11.9. The second-order valence-corrected chi connectivity index (χ2v) is 9.19. The topological polar surface area (TPSA) is 108 Å². The van der Waals surface area contributed by atoms with Crippen molar-refractivity contribution in [2.24, 2.45) is 5.92 Å². The molecule has 1 aliphatic carbocycles. The molecule has 9 heteroatoms. The van der Waals surface area contributed by atoms with Crippen LogP contribution in [0.2, 0.25) is 0 Å². The predicted octanol–water partition coefficient (Wildman–Crippen LogP) is 3.56. The van der Waals surface area contributed by atoms with Gasteiger partial charge in [0.1, 0.15) is 11.4 Å². The summed E-state index contributed by atoms with van der Waals surface area (Å²) in [6.07, 6.45) is 5.96. The van der Waals surface area contributed by atoms with Gasteiger partial charge in [-0.3, -0.25) is 5.10 Å². The van der Waals surface area contributed by atoms with Gasteiger partial charge in [0.05, 0.1) is 0 Å². The Kier molecular flexibility index (Phi) is 5.78. The van der Waals surface area contributed by atoms with Crippen LogP contribution in [0.5, 0.6) is 0 Å². The van der Waals surface area contributed by atoms with Gasteiger partial charge in [-0.2, -0.15) is 10.1 Å². The Morgan fingerprint density at radius 3 is 2.90 bits per heavy atom. The third-order valence-corrected chi connectivity index (χ3v) is 5.25. The highest BCUT2D eigenvalue weighted by atomic mass is 16.6. The van der Waals surface area contributed by atoms with E-state index in [4.69, 9.17) is 4.74 Å². The number of nitrogens with zero attached hydrogens (tertiary/aromatic N) is 4. The number of hydrogen-bond donors (Lipinski definition) is 3. The fourth-order valence-electron chi connectivity index (χ4n) is 3.66. The van der Waals surface area contributed by atoms with Gasteiger partial charge in [-0.1, -0.05) is 0 Å². The first-order chi connectivity index (χ1) is 14.4. The van der Waals surface area contributed by atoms with Crippen molar-refractivity contribution in [3.8, 4) is 0 Å². The molecule has 0 spiro atoms. The van der Waals surface area contributed by atoms with Crippen molar-refractivity contribution < 1.29 is 9.53 Å². The number of piperidine rings is 1. The zero-order valence-corrected chi connectivity index (χ0v) is 17.9. The number of anilines is 3. The third-order valence-electron chi connectivity index (χ3n) is 5.25. The molecular formula is C21H31N7O2. The minimum Gasteiger partial charge on any atom is -0.444 e. The summed E-state index contributed by atoms with van der Waals surface area (Å²) >= 11 is 0. The molecule has 30 heavy (non-hydrogen) atoms. The molecule has 3 heterocycles. The number of aromatic amines is 1. The SMILES string of the molecule is CC(C)(C)OC(=O)NC[C@H]1CCCN(c2nccc(Nc3cc(C4CC4)[nH]n3)n2)C1. The Labute approximate surface area is 177 Å². The molecule has 0 aromatic carbocycles. The van der Waals surface area contributed by atoms with Gasteiger partial charge in [0.2, 0.25) is 5.95 Å².